The van der Waals surface area contributed by atoms with Crippen molar-refractivity contribution in [2.75, 3.05) is 45.3 Å². The van der Waals surface area contributed by atoms with Crippen molar-refractivity contribution in [3.8, 4) is 5.75 Å². The van der Waals surface area contributed by atoms with Crippen LogP contribution in [-0.2, 0) is 27.3 Å². The number of cyclic esters (lactones) is 1. The van der Waals surface area contributed by atoms with Gasteiger partial charge in [-0.25, -0.2) is 4.79 Å². The van der Waals surface area contributed by atoms with Crippen LogP contribution in [0.15, 0.2) is 11.6 Å². The number of allylic oxidation sites excluding steroid dienone is 2. The van der Waals surface area contributed by atoms with Crippen LogP contribution >= 0.6 is 0 Å². The van der Waals surface area contributed by atoms with Gasteiger partial charge in [-0.3, -0.25) is 9.69 Å². The Morgan fingerprint density at radius 1 is 1.29 bits per heavy atom. The molecule has 0 saturated carbocycles. The lowest BCUT2D eigenvalue weighted by atomic mass is 9.92. The highest BCUT2D eigenvalue weighted by Crippen LogP contribution is 2.41. The molecule has 0 bridgehead atoms. The van der Waals surface area contributed by atoms with E-state index in [0.29, 0.717) is 38.0 Å². The average molecular weight is 475 g/mol. The zero-order valence-electron chi connectivity index (χ0n) is 21.0. The summed E-state index contributed by atoms with van der Waals surface area (Å²) in [5.41, 5.74) is 5.01. The molecule has 1 saturated heterocycles. The van der Waals surface area contributed by atoms with Gasteiger partial charge in [-0.15, -0.1) is 0 Å². The number of nitrogens with zero attached hydrogens (tertiary/aromatic N) is 1. The van der Waals surface area contributed by atoms with Gasteiger partial charge in [0.05, 0.1) is 37.5 Å². The lowest BCUT2D eigenvalue weighted by Crippen LogP contribution is -2.38. The number of anilines is 1. The van der Waals surface area contributed by atoms with Crippen LogP contribution in [0.5, 0.6) is 5.75 Å². The Kier molecular flexibility index (Phi) is 8.97. The molecule has 1 aromatic rings. The molecule has 1 aromatic carbocycles. The molecule has 0 amide bonds. The molecule has 2 aliphatic rings. The number of methoxy groups -OCH3 is 1. The number of carbonyl (C=O) groups is 2. The molecule has 8 nitrogen and oxygen atoms in total. The Hall–Kier alpha value is -2.58. The highest BCUT2D eigenvalue weighted by molar-refractivity contribution is 6.01. The van der Waals surface area contributed by atoms with Gasteiger partial charge in [0, 0.05) is 30.3 Å². The van der Waals surface area contributed by atoms with Crippen molar-refractivity contribution in [3.63, 3.8) is 0 Å². The highest BCUT2D eigenvalue weighted by Gasteiger charge is 2.32. The quantitative estimate of drug-likeness (QED) is 0.369. The number of carboxylic acid groups (broad SMARTS) is 1. The molecule has 1 unspecified atom stereocenters. The number of benzene rings is 1. The maximum atomic E-state index is 12.5. The average Bonchev–Trinajstić information content (AvgIpc) is 3.19. The maximum Gasteiger partial charge on any atom is 0.341 e. The fourth-order valence-corrected chi connectivity index (χ4v) is 4.73. The monoisotopic (exact) mass is 474 g/mol. The Labute approximate surface area is 202 Å². The first kappa shape index (κ1) is 26.0. The molecule has 2 aliphatic heterocycles. The summed E-state index contributed by atoms with van der Waals surface area (Å²) in [5, 5.41) is 13.2. The van der Waals surface area contributed by atoms with E-state index >= 15 is 0 Å². The molecule has 3 rings (SSSR count). The number of rotatable bonds is 11. The first-order valence-electron chi connectivity index (χ1n) is 12.1. The van der Waals surface area contributed by atoms with Crippen molar-refractivity contribution >= 4 is 17.6 Å². The number of esters is 1. The first-order chi connectivity index (χ1) is 16.2. The number of carbonyl (C=O) groups excluding carboxylic acids is 1. The maximum absolute atomic E-state index is 12.5. The van der Waals surface area contributed by atoms with E-state index in [-0.39, 0.29) is 18.6 Å². The number of morpholine rings is 1. The molecular formula is C26H38N2O6. The smallest absolute Gasteiger partial charge is 0.341 e. The van der Waals surface area contributed by atoms with Crippen molar-refractivity contribution < 1.29 is 28.9 Å². The number of nitrogens with one attached hydrogen (secondary N) is 1. The van der Waals surface area contributed by atoms with E-state index in [2.05, 4.69) is 16.3 Å². The third kappa shape index (κ3) is 6.10. The van der Waals surface area contributed by atoms with Crippen LogP contribution in [0, 0.1) is 12.8 Å². The molecule has 0 spiro atoms. The molecule has 8 heteroatoms. The van der Waals surface area contributed by atoms with Crippen molar-refractivity contribution in [1.82, 2.24) is 4.90 Å². The largest absolute Gasteiger partial charge is 0.496 e. The minimum Gasteiger partial charge on any atom is -0.496 e. The van der Waals surface area contributed by atoms with Gasteiger partial charge in [0.25, 0.3) is 0 Å². The summed E-state index contributed by atoms with van der Waals surface area (Å²) in [4.78, 5) is 26.7. The van der Waals surface area contributed by atoms with Gasteiger partial charge in [0.2, 0.25) is 0 Å². The number of aliphatic carboxylic acids is 1. The molecule has 0 aliphatic carbocycles. The zero-order valence-corrected chi connectivity index (χ0v) is 21.0. The molecule has 2 N–H and O–H groups in total. The van der Waals surface area contributed by atoms with Gasteiger partial charge < -0.3 is 24.6 Å². The minimum atomic E-state index is -0.767. The fourth-order valence-electron chi connectivity index (χ4n) is 4.73. The van der Waals surface area contributed by atoms with E-state index in [1.807, 2.05) is 27.7 Å². The molecule has 0 radical (unpaired) electrons. The van der Waals surface area contributed by atoms with E-state index in [0.717, 1.165) is 53.3 Å². The van der Waals surface area contributed by atoms with Crippen molar-refractivity contribution in [2.24, 2.45) is 5.92 Å². The van der Waals surface area contributed by atoms with Crippen molar-refractivity contribution in [3.05, 3.63) is 33.9 Å². The molecular weight excluding hydrogens is 436 g/mol. The number of carboxylic acids is 1. The number of fused-ring (bicyclic) bond motifs is 1. The Bertz CT molecular complexity index is 934. The number of ether oxygens (including phenoxy) is 3. The van der Waals surface area contributed by atoms with E-state index in [4.69, 9.17) is 14.2 Å². The van der Waals surface area contributed by atoms with Crippen LogP contribution in [0.1, 0.15) is 60.7 Å². The second kappa shape index (κ2) is 11.7. The van der Waals surface area contributed by atoms with Gasteiger partial charge >= 0.3 is 11.9 Å². The topological polar surface area (TPSA) is 97.3 Å². The van der Waals surface area contributed by atoms with E-state index in [1.54, 1.807) is 7.11 Å². The van der Waals surface area contributed by atoms with Crippen LogP contribution in [0.4, 0.5) is 5.69 Å². The summed E-state index contributed by atoms with van der Waals surface area (Å²) >= 11 is 0. The fraction of sp³-hybridized carbons (Fsp3) is 0.615. The summed E-state index contributed by atoms with van der Waals surface area (Å²) in [7, 11) is 1.64. The Morgan fingerprint density at radius 3 is 2.62 bits per heavy atom. The first-order valence-corrected chi connectivity index (χ1v) is 12.1. The molecule has 2 heterocycles. The summed E-state index contributed by atoms with van der Waals surface area (Å²) in [6.45, 7) is 12.1. The summed E-state index contributed by atoms with van der Waals surface area (Å²) in [6.07, 6.45) is 3.68. The molecule has 1 fully saturated rings. The lowest BCUT2D eigenvalue weighted by molar-refractivity contribution is -0.142. The Balaban J connectivity index is 1.81. The summed E-state index contributed by atoms with van der Waals surface area (Å²) in [5.74, 6) is -0.783. The van der Waals surface area contributed by atoms with Crippen molar-refractivity contribution in [1.29, 1.82) is 0 Å². The van der Waals surface area contributed by atoms with Crippen LogP contribution < -0.4 is 10.1 Å². The van der Waals surface area contributed by atoms with Crippen molar-refractivity contribution in [2.45, 2.75) is 59.6 Å². The van der Waals surface area contributed by atoms with Crippen LogP contribution in [0.2, 0.25) is 0 Å². The number of hydrogen-bond donors (Lipinski definition) is 2. The molecule has 0 aromatic heterocycles. The standard InChI is InChI=1S/C26H38N2O6/c1-16(2)27-23-20(24(32-5)18(4)21-15-34-26(31)22(21)23)7-6-17(3)14-19(25(29)30)8-9-28-10-12-33-13-11-28/h6,16,19,27H,7-15H2,1-5H3,(H,29,30)/b17-6+. The van der Waals surface area contributed by atoms with Gasteiger partial charge in [-0.2, -0.15) is 0 Å². The summed E-state index contributed by atoms with van der Waals surface area (Å²) in [6, 6.07) is 0.116. The number of hydrogen-bond acceptors (Lipinski definition) is 7. The summed E-state index contributed by atoms with van der Waals surface area (Å²) < 4.78 is 16.5. The third-order valence-corrected chi connectivity index (χ3v) is 6.58. The van der Waals surface area contributed by atoms with Gasteiger partial charge in [0.15, 0.2) is 0 Å². The SMILES string of the molecule is COc1c(C)c2c(c(NC(C)C)c1C/C=C(\C)CC(CCN1CCOCC1)C(=O)O)C(=O)OC2. The molecule has 1 atom stereocenters. The zero-order chi connectivity index (χ0) is 24.8. The molecule has 188 valence electrons. The Morgan fingerprint density at radius 2 is 2.00 bits per heavy atom. The minimum absolute atomic E-state index is 0.116. The second-order valence-corrected chi connectivity index (χ2v) is 9.48. The lowest BCUT2D eigenvalue weighted by Gasteiger charge is -2.27. The predicted octanol–water partition coefficient (Wildman–Crippen LogP) is 3.80. The van der Waals surface area contributed by atoms with Crippen LogP contribution in [0.25, 0.3) is 0 Å². The van der Waals surface area contributed by atoms with Crippen LogP contribution in [-0.4, -0.2) is 67.9 Å². The normalized spacial score (nSPS) is 17.5. The van der Waals surface area contributed by atoms with E-state index in [1.165, 1.54) is 0 Å². The van der Waals surface area contributed by atoms with E-state index < -0.39 is 11.9 Å². The predicted molar refractivity (Wildman–Crippen MR) is 131 cm³/mol. The van der Waals surface area contributed by atoms with E-state index in [9.17, 15) is 14.7 Å². The third-order valence-electron chi connectivity index (χ3n) is 6.58. The van der Waals surface area contributed by atoms with Gasteiger partial charge in [-0.05, 0) is 59.1 Å². The highest BCUT2D eigenvalue weighted by atomic mass is 16.5. The second-order valence-electron chi connectivity index (χ2n) is 9.48. The van der Waals surface area contributed by atoms with Gasteiger partial charge in [-0.1, -0.05) is 11.6 Å². The van der Waals surface area contributed by atoms with Crippen LogP contribution in [0.3, 0.4) is 0 Å². The van der Waals surface area contributed by atoms with Gasteiger partial charge in [0.1, 0.15) is 12.4 Å². The molecule has 34 heavy (non-hydrogen) atoms.